The van der Waals surface area contributed by atoms with Gasteiger partial charge < -0.3 is 14.7 Å². The maximum atomic E-state index is 2.43. The molecule has 81 heavy (non-hydrogen) atoms. The van der Waals surface area contributed by atoms with E-state index in [1.165, 1.54) is 90.7 Å². The molecule has 0 N–H and O–H groups in total. The summed E-state index contributed by atoms with van der Waals surface area (Å²) in [6.45, 7) is 4.72. The monoisotopic (exact) mass is 1040 g/mol. The van der Waals surface area contributed by atoms with Crippen molar-refractivity contribution in [3.63, 3.8) is 0 Å². The summed E-state index contributed by atoms with van der Waals surface area (Å²) >= 11 is 0. The Morgan fingerprint density at radius 2 is 0.605 bits per heavy atom. The summed E-state index contributed by atoms with van der Waals surface area (Å²) in [7, 11) is 2.17. The molecule has 388 valence electrons. The van der Waals surface area contributed by atoms with Crippen LogP contribution in [0.2, 0.25) is 0 Å². The second kappa shape index (κ2) is 20.7. The topological polar surface area (TPSA) is 9.72 Å². The second-order valence-electron chi connectivity index (χ2n) is 22.2. The molecule has 0 fully saturated rings. The molecule has 0 saturated carbocycles. The van der Waals surface area contributed by atoms with Gasteiger partial charge in [0.05, 0.1) is 0 Å². The van der Waals surface area contributed by atoms with Crippen molar-refractivity contribution in [2.75, 3.05) is 21.7 Å². The predicted molar refractivity (Wildman–Crippen MR) is 342 cm³/mol. The van der Waals surface area contributed by atoms with Crippen molar-refractivity contribution >= 4 is 45.5 Å². The lowest BCUT2D eigenvalue weighted by molar-refractivity contribution is 0.660. The van der Waals surface area contributed by atoms with E-state index in [4.69, 9.17) is 0 Å². The van der Waals surface area contributed by atoms with E-state index in [1.807, 2.05) is 0 Å². The molecule has 0 spiro atoms. The Kier molecular flexibility index (Phi) is 12.6. The number of fused-ring (bicyclic) bond motifs is 4. The average molecular weight is 1040 g/mol. The third kappa shape index (κ3) is 9.37. The van der Waals surface area contributed by atoms with E-state index >= 15 is 0 Å². The van der Waals surface area contributed by atoms with Crippen molar-refractivity contribution < 1.29 is 0 Å². The third-order valence-corrected chi connectivity index (χ3v) is 16.9. The summed E-state index contributed by atoms with van der Waals surface area (Å²) in [4.78, 5) is 7.03. The van der Waals surface area contributed by atoms with Crippen LogP contribution in [0.1, 0.15) is 36.1 Å². The van der Waals surface area contributed by atoms with Gasteiger partial charge in [-0.25, -0.2) is 0 Å². The molecule has 0 aliphatic heterocycles. The first-order chi connectivity index (χ1) is 39.8. The van der Waals surface area contributed by atoms with Crippen LogP contribution in [0.25, 0.3) is 66.8 Å². The molecule has 0 atom stereocenters. The molecule has 12 aromatic rings. The Bertz CT molecular complexity index is 4230. The van der Waals surface area contributed by atoms with Gasteiger partial charge in [0.15, 0.2) is 0 Å². The molecule has 12 aromatic carbocycles. The van der Waals surface area contributed by atoms with Gasteiger partial charge in [-0.1, -0.05) is 196 Å². The summed E-state index contributed by atoms with van der Waals surface area (Å²) in [6.07, 6.45) is 2.38. The van der Waals surface area contributed by atoms with Gasteiger partial charge in [0.1, 0.15) is 0 Å². The van der Waals surface area contributed by atoms with Crippen LogP contribution < -0.4 is 14.7 Å². The van der Waals surface area contributed by atoms with Crippen LogP contribution in [-0.4, -0.2) is 7.05 Å². The number of hydrogen-bond acceptors (Lipinski definition) is 3. The number of anilines is 8. The lowest BCUT2D eigenvalue weighted by Gasteiger charge is -2.28. The van der Waals surface area contributed by atoms with Crippen LogP contribution in [0.4, 0.5) is 45.5 Å². The van der Waals surface area contributed by atoms with Crippen LogP contribution in [0.15, 0.2) is 291 Å². The largest absolute Gasteiger partial charge is 0.345 e. The highest BCUT2D eigenvalue weighted by Gasteiger charge is 2.36. The fourth-order valence-corrected chi connectivity index (χ4v) is 12.4. The number of benzene rings is 12. The van der Waals surface area contributed by atoms with E-state index in [0.717, 1.165) is 56.6 Å². The minimum absolute atomic E-state index is 0.146. The van der Waals surface area contributed by atoms with Crippen molar-refractivity contribution in [2.24, 2.45) is 0 Å². The molecule has 3 heteroatoms. The van der Waals surface area contributed by atoms with E-state index in [0.29, 0.717) is 0 Å². The number of rotatable bonds is 13. The number of para-hydroxylation sites is 2. The Morgan fingerprint density at radius 1 is 0.247 bits per heavy atom. The predicted octanol–water partition coefficient (Wildman–Crippen LogP) is 21.1. The zero-order valence-electron chi connectivity index (χ0n) is 46.0. The molecule has 0 radical (unpaired) electrons. The van der Waals surface area contributed by atoms with E-state index < -0.39 is 0 Å². The Balaban J connectivity index is 0.773. The van der Waals surface area contributed by atoms with Crippen LogP contribution >= 0.6 is 0 Å². The van der Waals surface area contributed by atoms with E-state index in [1.54, 1.807) is 0 Å². The first-order valence-corrected chi connectivity index (χ1v) is 28.3. The molecule has 0 amide bonds. The zero-order valence-corrected chi connectivity index (χ0v) is 46.0. The van der Waals surface area contributed by atoms with Crippen molar-refractivity contribution in [1.82, 2.24) is 0 Å². The van der Waals surface area contributed by atoms with Gasteiger partial charge in [-0.2, -0.15) is 0 Å². The normalized spacial score (nSPS) is 12.6. The fourth-order valence-electron chi connectivity index (χ4n) is 12.4. The standard InChI is InChI=1S/C78H61N3/c1-78(2)76-32-11-10-31-74(76)75-46-45-73(53-77(75)78)81(72-30-16-23-63(52-72)60-20-13-18-58(48-60)55-37-41-68(42-38-55)80(66-24-6-4-7-25-66)67-26-8-5-9-27-67)69-43-39-56(40-44-69)57-17-12-19-59(47-57)61-21-14-28-70(50-61)79(3)71-29-15-22-62(51-71)65-36-34-54-33-35-64(54)49-65/h4-32,34,36-53H,33,35H2,1-3H3. The molecule has 14 rings (SSSR count). The highest BCUT2D eigenvalue weighted by molar-refractivity contribution is 5.88. The Hall–Kier alpha value is -9.96. The van der Waals surface area contributed by atoms with Crippen LogP contribution in [0, 0.1) is 0 Å². The van der Waals surface area contributed by atoms with Crippen LogP contribution in [-0.2, 0) is 18.3 Å². The minimum Gasteiger partial charge on any atom is -0.345 e. The molecule has 0 saturated heterocycles. The molecule has 2 aliphatic carbocycles. The van der Waals surface area contributed by atoms with Gasteiger partial charge in [-0.3, -0.25) is 0 Å². The molecule has 0 bridgehead atoms. The zero-order chi connectivity index (χ0) is 54.4. The van der Waals surface area contributed by atoms with Gasteiger partial charge in [0, 0.05) is 58.0 Å². The average Bonchev–Trinajstić information content (AvgIpc) is 4.05. The molecule has 3 nitrogen and oxygen atoms in total. The van der Waals surface area contributed by atoms with Crippen LogP contribution in [0.5, 0.6) is 0 Å². The fraction of sp³-hybridized carbons (Fsp3) is 0.0769. The van der Waals surface area contributed by atoms with Crippen LogP contribution in [0.3, 0.4) is 0 Å². The molecule has 2 aliphatic rings. The quantitative estimate of drug-likeness (QED) is 0.114. The Morgan fingerprint density at radius 3 is 1.12 bits per heavy atom. The first-order valence-electron chi connectivity index (χ1n) is 28.3. The smallest absolute Gasteiger partial charge is 0.0467 e. The summed E-state index contributed by atoms with van der Waals surface area (Å²) < 4.78 is 0. The SMILES string of the molecule is CN(c1cccc(-c2cccc(-c3ccc(N(c4cccc(-c5cccc(-c6ccc(N(c7ccccc7)c7ccccc7)cc6)c5)c4)c4ccc5c(c4)C(C)(C)c4ccccc4-5)cc3)c2)c1)c1cccc(-c2ccc3c(c2)CC3)c1. The maximum absolute atomic E-state index is 2.43. The van der Waals surface area contributed by atoms with E-state index in [9.17, 15) is 0 Å². The van der Waals surface area contributed by atoms with Gasteiger partial charge >= 0.3 is 0 Å². The highest BCUT2D eigenvalue weighted by Crippen LogP contribution is 2.51. The summed E-state index contributed by atoms with van der Waals surface area (Å²) in [5, 5.41) is 0. The van der Waals surface area contributed by atoms with E-state index in [-0.39, 0.29) is 5.41 Å². The van der Waals surface area contributed by atoms with Crippen molar-refractivity contribution in [3.8, 4) is 66.8 Å². The van der Waals surface area contributed by atoms with Gasteiger partial charge in [-0.15, -0.1) is 0 Å². The van der Waals surface area contributed by atoms with Crippen molar-refractivity contribution in [2.45, 2.75) is 32.1 Å². The molecular weight excluding hydrogens is 979 g/mol. The van der Waals surface area contributed by atoms with Gasteiger partial charge in [-0.05, 0) is 211 Å². The molecule has 0 heterocycles. The lowest BCUT2D eigenvalue weighted by Crippen LogP contribution is -2.16. The summed E-state index contributed by atoms with van der Waals surface area (Å²) in [5.74, 6) is 0. The van der Waals surface area contributed by atoms with Gasteiger partial charge in [0.2, 0.25) is 0 Å². The Labute approximate surface area is 477 Å². The third-order valence-electron chi connectivity index (χ3n) is 16.9. The van der Waals surface area contributed by atoms with Crippen molar-refractivity contribution in [1.29, 1.82) is 0 Å². The van der Waals surface area contributed by atoms with E-state index in [2.05, 4.69) is 327 Å². The molecule has 0 aromatic heterocycles. The first kappa shape index (κ1) is 49.3. The lowest BCUT2D eigenvalue weighted by atomic mass is 9.82. The number of hydrogen-bond donors (Lipinski definition) is 0. The summed E-state index contributed by atoms with van der Waals surface area (Å²) in [6, 6.07) is 107. The molecular formula is C78H61N3. The minimum atomic E-state index is -0.146. The summed E-state index contributed by atoms with van der Waals surface area (Å²) in [5.41, 5.74) is 29.0. The van der Waals surface area contributed by atoms with Gasteiger partial charge in [0.25, 0.3) is 0 Å². The van der Waals surface area contributed by atoms with Crippen molar-refractivity contribution in [3.05, 3.63) is 313 Å². The maximum Gasteiger partial charge on any atom is 0.0467 e. The second-order valence-corrected chi connectivity index (χ2v) is 22.2. The number of aryl methyl sites for hydroxylation is 2. The molecule has 0 unspecified atom stereocenters. The highest BCUT2D eigenvalue weighted by atomic mass is 15.1. The number of nitrogens with zero attached hydrogens (tertiary/aromatic N) is 3.